The lowest BCUT2D eigenvalue weighted by atomic mass is 9.82. The Morgan fingerprint density at radius 3 is 2.79 bits per heavy atom. The van der Waals surface area contributed by atoms with Gasteiger partial charge in [0.15, 0.2) is 0 Å². The highest BCUT2D eigenvalue weighted by Crippen LogP contribution is 2.38. The smallest absolute Gasteiger partial charge is 0.203 e. The molecule has 3 nitrogen and oxygen atoms in total. The van der Waals surface area contributed by atoms with Crippen molar-refractivity contribution in [3.63, 3.8) is 0 Å². The molecule has 0 unspecified atom stereocenters. The molecular weight excluding hydrogens is 174 g/mol. The van der Waals surface area contributed by atoms with Crippen LogP contribution in [-0.2, 0) is 0 Å². The molecule has 1 aliphatic carbocycles. The third kappa shape index (κ3) is 1.76. The van der Waals surface area contributed by atoms with Gasteiger partial charge in [0.2, 0.25) is 5.95 Å². The summed E-state index contributed by atoms with van der Waals surface area (Å²) in [6.07, 6.45) is 6.56. The third-order valence-corrected chi connectivity index (χ3v) is 2.83. The quantitative estimate of drug-likeness (QED) is 0.799. The molecule has 1 fully saturated rings. The van der Waals surface area contributed by atoms with Crippen molar-refractivity contribution in [3.05, 3.63) is 12.4 Å². The van der Waals surface area contributed by atoms with E-state index < -0.39 is 0 Å². The van der Waals surface area contributed by atoms with Gasteiger partial charge in [-0.3, -0.25) is 0 Å². The summed E-state index contributed by atoms with van der Waals surface area (Å²) in [4.78, 5) is 4.34. The number of hydrogen-bond donors (Lipinski definition) is 1. The molecule has 3 heteroatoms. The SMILES string of the molecule is CC1CC(n2ccnc2NC(C)C)C1. The molecule has 0 amide bonds. The van der Waals surface area contributed by atoms with E-state index >= 15 is 0 Å². The Morgan fingerprint density at radius 2 is 2.21 bits per heavy atom. The Bertz CT molecular complexity index is 297. The average molecular weight is 193 g/mol. The number of rotatable bonds is 3. The lowest BCUT2D eigenvalue weighted by Gasteiger charge is -2.34. The van der Waals surface area contributed by atoms with Crippen LogP contribution in [0.5, 0.6) is 0 Å². The molecule has 0 aromatic carbocycles. The molecule has 2 rings (SSSR count). The molecule has 0 spiro atoms. The number of hydrogen-bond acceptors (Lipinski definition) is 2. The lowest BCUT2D eigenvalue weighted by Crippen LogP contribution is -2.26. The first-order valence-electron chi connectivity index (χ1n) is 5.46. The fourth-order valence-corrected chi connectivity index (χ4v) is 2.06. The van der Waals surface area contributed by atoms with Gasteiger partial charge < -0.3 is 9.88 Å². The molecule has 0 atom stereocenters. The second-order valence-corrected chi connectivity index (χ2v) is 4.69. The first-order valence-corrected chi connectivity index (χ1v) is 5.46. The van der Waals surface area contributed by atoms with E-state index in [1.165, 1.54) is 12.8 Å². The van der Waals surface area contributed by atoms with Crippen molar-refractivity contribution in [2.24, 2.45) is 5.92 Å². The summed E-state index contributed by atoms with van der Waals surface area (Å²) in [5, 5.41) is 3.37. The second-order valence-electron chi connectivity index (χ2n) is 4.69. The predicted octanol–water partition coefficient (Wildman–Crippen LogP) is 2.67. The number of nitrogens with one attached hydrogen (secondary N) is 1. The van der Waals surface area contributed by atoms with Crippen LogP contribution in [0.3, 0.4) is 0 Å². The molecule has 0 bridgehead atoms. The maximum absolute atomic E-state index is 4.34. The summed E-state index contributed by atoms with van der Waals surface area (Å²) < 4.78 is 2.28. The summed E-state index contributed by atoms with van der Waals surface area (Å²) in [6, 6.07) is 1.13. The van der Waals surface area contributed by atoms with Gasteiger partial charge in [0.05, 0.1) is 0 Å². The van der Waals surface area contributed by atoms with Gasteiger partial charge >= 0.3 is 0 Å². The Morgan fingerprint density at radius 1 is 1.50 bits per heavy atom. The van der Waals surface area contributed by atoms with Crippen LogP contribution in [0.4, 0.5) is 5.95 Å². The molecule has 78 valence electrons. The van der Waals surface area contributed by atoms with E-state index in [2.05, 4.69) is 41.8 Å². The predicted molar refractivity (Wildman–Crippen MR) is 58.4 cm³/mol. The minimum atomic E-state index is 0.452. The van der Waals surface area contributed by atoms with Gasteiger partial charge in [0.1, 0.15) is 0 Å². The normalized spacial score (nSPS) is 26.3. The standard InChI is InChI=1S/C11H19N3/c1-8(2)13-11-12-4-5-14(11)10-6-9(3)7-10/h4-5,8-10H,6-7H2,1-3H3,(H,12,13). The summed E-state index contributed by atoms with van der Waals surface area (Å²) >= 11 is 0. The summed E-state index contributed by atoms with van der Waals surface area (Å²) in [7, 11) is 0. The Hall–Kier alpha value is -0.990. The summed E-state index contributed by atoms with van der Waals surface area (Å²) in [6.45, 7) is 6.59. The number of nitrogens with zero attached hydrogens (tertiary/aromatic N) is 2. The van der Waals surface area contributed by atoms with Crippen molar-refractivity contribution >= 4 is 5.95 Å². The molecule has 14 heavy (non-hydrogen) atoms. The van der Waals surface area contributed by atoms with Gasteiger partial charge in [-0.15, -0.1) is 0 Å². The zero-order valence-electron chi connectivity index (χ0n) is 9.20. The molecule has 1 aromatic heterocycles. The zero-order valence-corrected chi connectivity index (χ0v) is 9.20. The van der Waals surface area contributed by atoms with E-state index in [1.807, 2.05) is 6.20 Å². The van der Waals surface area contributed by atoms with E-state index in [4.69, 9.17) is 0 Å². The number of aromatic nitrogens is 2. The van der Waals surface area contributed by atoms with Gasteiger partial charge in [-0.2, -0.15) is 0 Å². The fraction of sp³-hybridized carbons (Fsp3) is 0.727. The lowest BCUT2D eigenvalue weighted by molar-refractivity contribution is 0.218. The average Bonchev–Trinajstić information content (AvgIpc) is 2.45. The number of anilines is 1. The molecule has 1 N–H and O–H groups in total. The van der Waals surface area contributed by atoms with E-state index in [1.54, 1.807) is 0 Å². The number of imidazole rings is 1. The Balaban J connectivity index is 2.06. The highest BCUT2D eigenvalue weighted by Gasteiger charge is 2.28. The largest absolute Gasteiger partial charge is 0.353 e. The van der Waals surface area contributed by atoms with Crippen molar-refractivity contribution in [2.75, 3.05) is 5.32 Å². The minimum Gasteiger partial charge on any atom is -0.353 e. The molecule has 1 saturated carbocycles. The maximum atomic E-state index is 4.34. The van der Waals surface area contributed by atoms with Crippen LogP contribution in [0.15, 0.2) is 12.4 Å². The molecular formula is C11H19N3. The van der Waals surface area contributed by atoms with Crippen LogP contribution < -0.4 is 5.32 Å². The maximum Gasteiger partial charge on any atom is 0.203 e. The van der Waals surface area contributed by atoms with Crippen LogP contribution in [-0.4, -0.2) is 15.6 Å². The van der Waals surface area contributed by atoms with Crippen molar-refractivity contribution in [1.82, 2.24) is 9.55 Å². The van der Waals surface area contributed by atoms with Gasteiger partial charge in [-0.25, -0.2) is 4.98 Å². The van der Waals surface area contributed by atoms with Crippen LogP contribution >= 0.6 is 0 Å². The van der Waals surface area contributed by atoms with Gasteiger partial charge in [-0.05, 0) is 32.6 Å². The van der Waals surface area contributed by atoms with Gasteiger partial charge in [0, 0.05) is 24.5 Å². The second kappa shape index (κ2) is 3.64. The third-order valence-electron chi connectivity index (χ3n) is 2.83. The first kappa shape index (κ1) is 9.56. The monoisotopic (exact) mass is 193 g/mol. The molecule has 0 saturated heterocycles. The van der Waals surface area contributed by atoms with Crippen molar-refractivity contribution < 1.29 is 0 Å². The van der Waals surface area contributed by atoms with E-state index in [-0.39, 0.29) is 0 Å². The molecule has 1 aromatic rings. The van der Waals surface area contributed by atoms with Crippen LogP contribution in [0, 0.1) is 5.92 Å². The van der Waals surface area contributed by atoms with Crippen molar-refractivity contribution in [1.29, 1.82) is 0 Å². The van der Waals surface area contributed by atoms with E-state index in [0.29, 0.717) is 12.1 Å². The van der Waals surface area contributed by atoms with Crippen LogP contribution in [0.2, 0.25) is 0 Å². The Kier molecular flexibility index (Phi) is 2.48. The highest BCUT2D eigenvalue weighted by atomic mass is 15.2. The molecule has 1 aliphatic rings. The van der Waals surface area contributed by atoms with Crippen molar-refractivity contribution in [3.8, 4) is 0 Å². The van der Waals surface area contributed by atoms with Crippen molar-refractivity contribution in [2.45, 2.75) is 45.7 Å². The zero-order chi connectivity index (χ0) is 10.1. The van der Waals surface area contributed by atoms with Crippen LogP contribution in [0.25, 0.3) is 0 Å². The van der Waals surface area contributed by atoms with E-state index in [0.717, 1.165) is 11.9 Å². The highest BCUT2D eigenvalue weighted by molar-refractivity contribution is 5.28. The summed E-state index contributed by atoms with van der Waals surface area (Å²) in [5.74, 6) is 1.91. The molecule has 1 heterocycles. The summed E-state index contributed by atoms with van der Waals surface area (Å²) in [5.41, 5.74) is 0. The van der Waals surface area contributed by atoms with Gasteiger partial charge in [0.25, 0.3) is 0 Å². The van der Waals surface area contributed by atoms with E-state index in [9.17, 15) is 0 Å². The van der Waals surface area contributed by atoms with Gasteiger partial charge in [-0.1, -0.05) is 6.92 Å². The minimum absolute atomic E-state index is 0.452. The Labute approximate surface area is 85.5 Å². The first-order chi connectivity index (χ1) is 6.66. The molecule has 0 aliphatic heterocycles. The topological polar surface area (TPSA) is 29.9 Å². The fourth-order valence-electron chi connectivity index (χ4n) is 2.06. The van der Waals surface area contributed by atoms with Crippen LogP contribution in [0.1, 0.15) is 39.7 Å². The molecule has 0 radical (unpaired) electrons.